The van der Waals surface area contributed by atoms with Crippen LogP contribution in [0.5, 0.6) is 0 Å². The van der Waals surface area contributed by atoms with Crippen molar-refractivity contribution in [1.29, 1.82) is 0 Å². The Labute approximate surface area is 101 Å². The minimum atomic E-state index is 0.297. The first-order valence-electron chi connectivity index (χ1n) is 4.76. The van der Waals surface area contributed by atoms with Gasteiger partial charge in [-0.25, -0.2) is 0 Å². The molecule has 1 saturated heterocycles. The van der Waals surface area contributed by atoms with E-state index in [1.165, 1.54) is 5.56 Å². The van der Waals surface area contributed by atoms with E-state index in [4.69, 9.17) is 4.74 Å². The highest BCUT2D eigenvalue weighted by atomic mass is 79.9. The van der Waals surface area contributed by atoms with Crippen LogP contribution in [0.3, 0.4) is 0 Å². The highest BCUT2D eigenvalue weighted by Gasteiger charge is 2.25. The van der Waals surface area contributed by atoms with Crippen LogP contribution in [0, 0.1) is 0 Å². The van der Waals surface area contributed by atoms with E-state index < -0.39 is 0 Å². The lowest BCUT2D eigenvalue weighted by Crippen LogP contribution is -2.07. The zero-order chi connectivity index (χ0) is 9.97. The number of benzene rings is 1. The summed E-state index contributed by atoms with van der Waals surface area (Å²) in [6.07, 6.45) is 2.98. The van der Waals surface area contributed by atoms with Crippen molar-refractivity contribution in [1.82, 2.24) is 0 Å². The third-order valence-corrected chi connectivity index (χ3v) is 3.77. The van der Waals surface area contributed by atoms with Crippen molar-refractivity contribution in [3.63, 3.8) is 0 Å². The fourth-order valence-electron chi connectivity index (χ4n) is 1.74. The number of hydrogen-bond donors (Lipinski definition) is 0. The number of rotatable bonds is 2. The van der Waals surface area contributed by atoms with Gasteiger partial charge in [0.15, 0.2) is 0 Å². The Kier molecular flexibility index (Phi) is 3.63. The van der Waals surface area contributed by atoms with Crippen molar-refractivity contribution in [3.8, 4) is 0 Å². The molecule has 76 valence electrons. The molecular formula is C11H12Br2O. The first-order valence-corrected chi connectivity index (χ1v) is 6.68. The van der Waals surface area contributed by atoms with Crippen LogP contribution < -0.4 is 0 Å². The topological polar surface area (TPSA) is 9.23 Å². The van der Waals surface area contributed by atoms with Crippen LogP contribution in [0.2, 0.25) is 0 Å². The van der Waals surface area contributed by atoms with Gasteiger partial charge in [0.05, 0.1) is 12.2 Å². The largest absolute Gasteiger partial charge is 0.369 e. The molecule has 1 aromatic carbocycles. The van der Waals surface area contributed by atoms with Gasteiger partial charge in [0.1, 0.15) is 0 Å². The minimum Gasteiger partial charge on any atom is -0.369 e. The van der Waals surface area contributed by atoms with Crippen molar-refractivity contribution >= 4 is 31.9 Å². The molecule has 1 aliphatic rings. The summed E-state index contributed by atoms with van der Waals surface area (Å²) in [5.74, 6) is 0. The Morgan fingerprint density at radius 3 is 2.50 bits per heavy atom. The van der Waals surface area contributed by atoms with E-state index in [2.05, 4.69) is 56.1 Å². The van der Waals surface area contributed by atoms with E-state index in [-0.39, 0.29) is 0 Å². The van der Waals surface area contributed by atoms with E-state index in [1.54, 1.807) is 0 Å². The predicted octanol–water partition coefficient (Wildman–Crippen LogP) is 4.06. The lowest BCUT2D eigenvalue weighted by Gasteiger charge is -2.12. The van der Waals surface area contributed by atoms with E-state index in [0.717, 1.165) is 22.6 Å². The molecule has 0 radical (unpaired) electrons. The molecule has 0 amide bonds. The second-order valence-electron chi connectivity index (χ2n) is 3.53. The van der Waals surface area contributed by atoms with Crippen molar-refractivity contribution in [2.24, 2.45) is 0 Å². The summed E-state index contributed by atoms with van der Waals surface area (Å²) in [7, 11) is 0. The molecule has 1 heterocycles. The van der Waals surface area contributed by atoms with Gasteiger partial charge in [0, 0.05) is 9.80 Å². The zero-order valence-electron chi connectivity index (χ0n) is 7.75. The fourth-order valence-corrected chi connectivity index (χ4v) is 2.48. The van der Waals surface area contributed by atoms with Gasteiger partial charge in [-0.05, 0) is 30.5 Å². The molecule has 0 N–H and O–H groups in total. The average Bonchev–Trinajstić information content (AvgIpc) is 2.67. The summed E-state index contributed by atoms with van der Waals surface area (Å²) < 4.78 is 7.00. The molecule has 0 bridgehead atoms. The molecule has 2 atom stereocenters. The highest BCUT2D eigenvalue weighted by molar-refractivity contribution is 9.10. The molecule has 3 heteroatoms. The highest BCUT2D eigenvalue weighted by Crippen LogP contribution is 2.33. The van der Waals surface area contributed by atoms with Crippen molar-refractivity contribution < 1.29 is 4.74 Å². The van der Waals surface area contributed by atoms with Crippen molar-refractivity contribution in [3.05, 3.63) is 34.3 Å². The lowest BCUT2D eigenvalue weighted by atomic mass is 10.1. The van der Waals surface area contributed by atoms with Gasteiger partial charge in [0.25, 0.3) is 0 Å². The van der Waals surface area contributed by atoms with Gasteiger partial charge in [-0.3, -0.25) is 0 Å². The maximum Gasteiger partial charge on any atom is 0.0830 e. The Morgan fingerprint density at radius 1 is 1.21 bits per heavy atom. The summed E-state index contributed by atoms with van der Waals surface area (Å²) >= 11 is 6.89. The van der Waals surface area contributed by atoms with Crippen LogP contribution in [0.1, 0.15) is 24.5 Å². The molecule has 1 aliphatic heterocycles. The molecule has 14 heavy (non-hydrogen) atoms. The van der Waals surface area contributed by atoms with Crippen LogP contribution in [0.25, 0.3) is 0 Å². The second-order valence-corrected chi connectivity index (χ2v) is 5.09. The summed E-state index contributed by atoms with van der Waals surface area (Å²) in [5.41, 5.74) is 1.29. The van der Waals surface area contributed by atoms with Crippen molar-refractivity contribution in [2.45, 2.75) is 25.0 Å². The standard InChI is InChI=1S/C11H12Br2O/c12-7-10-5-6-11(14-10)8-1-3-9(13)4-2-8/h1-4,10-11H,5-7H2. The normalized spacial score (nSPS) is 26.7. The first-order chi connectivity index (χ1) is 6.79. The molecule has 0 saturated carbocycles. The monoisotopic (exact) mass is 318 g/mol. The number of ether oxygens (including phenoxy) is 1. The van der Waals surface area contributed by atoms with E-state index in [1.807, 2.05) is 0 Å². The van der Waals surface area contributed by atoms with Gasteiger partial charge in [-0.15, -0.1) is 0 Å². The smallest absolute Gasteiger partial charge is 0.0830 e. The van der Waals surface area contributed by atoms with Gasteiger partial charge in [-0.2, -0.15) is 0 Å². The molecule has 0 spiro atoms. The SMILES string of the molecule is BrCC1CCC(c2ccc(Br)cc2)O1. The molecule has 1 nitrogen and oxygen atoms in total. The quantitative estimate of drug-likeness (QED) is 0.747. The number of hydrogen-bond acceptors (Lipinski definition) is 1. The average molecular weight is 320 g/mol. The van der Waals surface area contributed by atoms with Gasteiger partial charge in [0.2, 0.25) is 0 Å². The molecule has 1 fully saturated rings. The third-order valence-electron chi connectivity index (χ3n) is 2.52. The summed E-state index contributed by atoms with van der Waals surface area (Å²) in [6, 6.07) is 8.40. The number of halogens is 2. The van der Waals surface area contributed by atoms with Crippen LogP contribution in [-0.4, -0.2) is 11.4 Å². The predicted molar refractivity (Wildman–Crippen MR) is 64.8 cm³/mol. The molecule has 0 aliphatic carbocycles. The van der Waals surface area contributed by atoms with Gasteiger partial charge >= 0.3 is 0 Å². The molecule has 0 aromatic heterocycles. The second kappa shape index (κ2) is 4.77. The van der Waals surface area contributed by atoms with Crippen LogP contribution in [0.15, 0.2) is 28.7 Å². The Hall–Kier alpha value is 0.140. The Bertz CT molecular complexity index is 297. The molecule has 2 unspecified atom stereocenters. The molecule has 1 aromatic rings. The van der Waals surface area contributed by atoms with Crippen LogP contribution in [0.4, 0.5) is 0 Å². The summed E-state index contributed by atoms with van der Waals surface area (Å²) in [5, 5.41) is 0.944. The van der Waals surface area contributed by atoms with Crippen LogP contribution >= 0.6 is 31.9 Å². The fraction of sp³-hybridized carbons (Fsp3) is 0.455. The Balaban J connectivity index is 2.06. The van der Waals surface area contributed by atoms with Gasteiger partial charge < -0.3 is 4.74 Å². The van der Waals surface area contributed by atoms with Crippen LogP contribution in [-0.2, 0) is 4.74 Å². The van der Waals surface area contributed by atoms with E-state index in [9.17, 15) is 0 Å². The summed E-state index contributed by atoms with van der Waals surface area (Å²) in [4.78, 5) is 0. The van der Waals surface area contributed by atoms with Gasteiger partial charge in [-0.1, -0.05) is 44.0 Å². The maximum absolute atomic E-state index is 5.87. The third kappa shape index (κ3) is 2.38. The first kappa shape index (κ1) is 10.7. The van der Waals surface area contributed by atoms with Crippen molar-refractivity contribution in [2.75, 3.05) is 5.33 Å². The zero-order valence-corrected chi connectivity index (χ0v) is 10.9. The lowest BCUT2D eigenvalue weighted by molar-refractivity contribution is 0.0588. The molecule has 2 rings (SSSR count). The Morgan fingerprint density at radius 2 is 1.93 bits per heavy atom. The molecular weight excluding hydrogens is 308 g/mol. The van der Waals surface area contributed by atoms with E-state index in [0.29, 0.717) is 12.2 Å². The van der Waals surface area contributed by atoms with E-state index >= 15 is 0 Å². The summed E-state index contributed by atoms with van der Waals surface area (Å²) in [6.45, 7) is 0. The maximum atomic E-state index is 5.87. The minimum absolute atomic E-state index is 0.297. The number of alkyl halides is 1.